The quantitative estimate of drug-likeness (QED) is 0.919. The Labute approximate surface area is 123 Å². The number of hydrogen-bond acceptors (Lipinski definition) is 2. The minimum Gasteiger partial charge on any atom is -0.336 e. The lowest BCUT2D eigenvalue weighted by atomic mass is 9.96. The molecule has 1 fully saturated rings. The predicted molar refractivity (Wildman–Crippen MR) is 81.2 cm³/mol. The standard InChI is InChI=1S/C17H16N2O2/c1-12-7-9-14(10-8-12)19-16(20)15(11-18-17(19)21)13-5-3-2-4-6-13/h2-10,15H,11H2,1H3,(H,18,21). The molecule has 106 valence electrons. The summed E-state index contributed by atoms with van der Waals surface area (Å²) >= 11 is 0. The highest BCUT2D eigenvalue weighted by atomic mass is 16.2. The van der Waals surface area contributed by atoms with Crippen LogP contribution in [0.25, 0.3) is 0 Å². The van der Waals surface area contributed by atoms with E-state index in [1.807, 2.05) is 49.4 Å². The zero-order chi connectivity index (χ0) is 14.8. The van der Waals surface area contributed by atoms with Crippen molar-refractivity contribution >= 4 is 17.6 Å². The molecule has 0 aliphatic carbocycles. The lowest BCUT2D eigenvalue weighted by molar-refractivity contribution is -0.119. The minimum atomic E-state index is -0.365. The molecule has 1 unspecified atom stereocenters. The highest BCUT2D eigenvalue weighted by Gasteiger charge is 2.35. The monoisotopic (exact) mass is 280 g/mol. The van der Waals surface area contributed by atoms with Gasteiger partial charge in [0.15, 0.2) is 0 Å². The molecule has 1 saturated heterocycles. The maximum atomic E-state index is 12.7. The third-order valence-electron chi connectivity index (χ3n) is 3.67. The summed E-state index contributed by atoms with van der Waals surface area (Å²) in [7, 11) is 0. The van der Waals surface area contributed by atoms with Crippen molar-refractivity contribution in [2.45, 2.75) is 12.8 Å². The van der Waals surface area contributed by atoms with Crippen LogP contribution in [0.15, 0.2) is 54.6 Å². The Hall–Kier alpha value is -2.62. The van der Waals surface area contributed by atoms with Gasteiger partial charge in [0.25, 0.3) is 0 Å². The Morgan fingerprint density at radius 1 is 1.00 bits per heavy atom. The lowest BCUT2D eigenvalue weighted by Gasteiger charge is -2.31. The first-order chi connectivity index (χ1) is 10.2. The number of urea groups is 1. The number of nitrogens with zero attached hydrogens (tertiary/aromatic N) is 1. The fourth-order valence-electron chi connectivity index (χ4n) is 2.50. The van der Waals surface area contributed by atoms with E-state index in [9.17, 15) is 9.59 Å². The van der Waals surface area contributed by atoms with Crippen LogP contribution in [-0.2, 0) is 4.79 Å². The first-order valence-corrected chi connectivity index (χ1v) is 6.90. The number of carbonyl (C=O) groups excluding carboxylic acids is 2. The van der Waals surface area contributed by atoms with E-state index in [1.54, 1.807) is 12.1 Å². The molecular formula is C17H16N2O2. The van der Waals surface area contributed by atoms with E-state index in [2.05, 4.69) is 5.32 Å². The van der Waals surface area contributed by atoms with Crippen LogP contribution in [0.4, 0.5) is 10.5 Å². The smallest absolute Gasteiger partial charge is 0.328 e. The van der Waals surface area contributed by atoms with E-state index in [1.165, 1.54) is 4.90 Å². The van der Waals surface area contributed by atoms with Gasteiger partial charge in [0, 0.05) is 6.54 Å². The van der Waals surface area contributed by atoms with Gasteiger partial charge in [-0.05, 0) is 24.6 Å². The number of rotatable bonds is 2. The van der Waals surface area contributed by atoms with Crippen molar-refractivity contribution in [1.29, 1.82) is 0 Å². The van der Waals surface area contributed by atoms with Crippen LogP contribution in [0, 0.1) is 6.92 Å². The second kappa shape index (κ2) is 5.40. The van der Waals surface area contributed by atoms with Crippen molar-refractivity contribution in [1.82, 2.24) is 5.32 Å². The molecule has 21 heavy (non-hydrogen) atoms. The van der Waals surface area contributed by atoms with Gasteiger partial charge < -0.3 is 5.32 Å². The highest BCUT2D eigenvalue weighted by Crippen LogP contribution is 2.26. The molecule has 4 heteroatoms. The second-order valence-corrected chi connectivity index (χ2v) is 5.16. The number of anilines is 1. The highest BCUT2D eigenvalue weighted by molar-refractivity contribution is 6.18. The molecule has 1 atom stereocenters. The zero-order valence-electron chi connectivity index (χ0n) is 11.7. The van der Waals surface area contributed by atoms with Gasteiger partial charge in [0.2, 0.25) is 5.91 Å². The Kier molecular flexibility index (Phi) is 3.44. The summed E-state index contributed by atoms with van der Waals surface area (Å²) in [5.41, 5.74) is 2.60. The average molecular weight is 280 g/mol. The normalized spacial score (nSPS) is 18.5. The van der Waals surface area contributed by atoms with Gasteiger partial charge in [0.1, 0.15) is 0 Å². The predicted octanol–water partition coefficient (Wildman–Crippen LogP) is 2.84. The lowest BCUT2D eigenvalue weighted by Crippen LogP contribution is -2.54. The Morgan fingerprint density at radius 2 is 1.67 bits per heavy atom. The molecule has 3 rings (SSSR count). The molecule has 2 aromatic rings. The van der Waals surface area contributed by atoms with Crippen molar-refractivity contribution in [3.05, 3.63) is 65.7 Å². The SMILES string of the molecule is Cc1ccc(N2C(=O)NCC(c3ccccc3)C2=O)cc1. The first kappa shape index (κ1) is 13.4. The zero-order valence-corrected chi connectivity index (χ0v) is 11.7. The molecule has 1 aliphatic rings. The van der Waals surface area contributed by atoms with E-state index < -0.39 is 0 Å². The Bertz CT molecular complexity index is 665. The molecular weight excluding hydrogens is 264 g/mol. The third-order valence-corrected chi connectivity index (χ3v) is 3.67. The van der Waals surface area contributed by atoms with Gasteiger partial charge in [-0.1, -0.05) is 48.0 Å². The van der Waals surface area contributed by atoms with Crippen LogP contribution >= 0.6 is 0 Å². The maximum absolute atomic E-state index is 12.7. The van der Waals surface area contributed by atoms with E-state index in [-0.39, 0.29) is 17.9 Å². The second-order valence-electron chi connectivity index (χ2n) is 5.16. The van der Waals surface area contributed by atoms with Crippen LogP contribution in [0.5, 0.6) is 0 Å². The molecule has 3 amide bonds. The van der Waals surface area contributed by atoms with Crippen LogP contribution in [0.2, 0.25) is 0 Å². The maximum Gasteiger partial charge on any atom is 0.328 e. The summed E-state index contributed by atoms with van der Waals surface area (Å²) in [5.74, 6) is -0.529. The van der Waals surface area contributed by atoms with Gasteiger partial charge in [0.05, 0.1) is 11.6 Å². The third kappa shape index (κ3) is 2.52. The van der Waals surface area contributed by atoms with Crippen molar-refractivity contribution in [2.75, 3.05) is 11.4 Å². The molecule has 2 aromatic carbocycles. The van der Waals surface area contributed by atoms with Crippen molar-refractivity contribution in [2.24, 2.45) is 0 Å². The molecule has 1 N–H and O–H groups in total. The molecule has 4 nitrogen and oxygen atoms in total. The van der Waals surface area contributed by atoms with Crippen molar-refractivity contribution in [3.8, 4) is 0 Å². The molecule has 0 saturated carbocycles. The van der Waals surface area contributed by atoms with Crippen molar-refractivity contribution < 1.29 is 9.59 Å². The summed E-state index contributed by atoms with van der Waals surface area (Å²) in [6, 6.07) is 16.5. The summed E-state index contributed by atoms with van der Waals surface area (Å²) < 4.78 is 0. The van der Waals surface area contributed by atoms with E-state index in [0.29, 0.717) is 12.2 Å². The first-order valence-electron chi connectivity index (χ1n) is 6.90. The fourth-order valence-corrected chi connectivity index (χ4v) is 2.50. The van der Waals surface area contributed by atoms with Crippen LogP contribution < -0.4 is 10.2 Å². The summed E-state index contributed by atoms with van der Waals surface area (Å²) in [6.07, 6.45) is 0. The van der Waals surface area contributed by atoms with E-state index in [0.717, 1.165) is 11.1 Å². The average Bonchev–Trinajstić information content (AvgIpc) is 2.50. The molecule has 0 bridgehead atoms. The Balaban J connectivity index is 1.94. The summed E-state index contributed by atoms with van der Waals surface area (Å²) in [6.45, 7) is 2.30. The van der Waals surface area contributed by atoms with Crippen molar-refractivity contribution in [3.63, 3.8) is 0 Å². The van der Waals surface area contributed by atoms with Gasteiger partial charge in [-0.2, -0.15) is 0 Å². The van der Waals surface area contributed by atoms with E-state index in [4.69, 9.17) is 0 Å². The summed E-state index contributed by atoms with van der Waals surface area (Å²) in [4.78, 5) is 26.0. The van der Waals surface area contributed by atoms with Crippen LogP contribution in [0.1, 0.15) is 17.0 Å². The molecule has 0 aromatic heterocycles. The molecule has 1 heterocycles. The molecule has 0 radical (unpaired) electrons. The molecule has 0 spiro atoms. The number of benzene rings is 2. The number of carbonyl (C=O) groups is 2. The summed E-state index contributed by atoms with van der Waals surface area (Å²) in [5, 5.41) is 2.79. The van der Waals surface area contributed by atoms with E-state index >= 15 is 0 Å². The van der Waals surface area contributed by atoms with Crippen LogP contribution in [-0.4, -0.2) is 18.5 Å². The van der Waals surface area contributed by atoms with Crippen LogP contribution in [0.3, 0.4) is 0 Å². The number of imide groups is 1. The number of hydrogen-bond donors (Lipinski definition) is 1. The number of amides is 3. The van der Waals surface area contributed by atoms with Gasteiger partial charge in [-0.3, -0.25) is 4.79 Å². The number of aryl methyl sites for hydroxylation is 1. The largest absolute Gasteiger partial charge is 0.336 e. The minimum absolute atomic E-state index is 0.186. The fraction of sp³-hybridized carbons (Fsp3) is 0.176. The van der Waals surface area contributed by atoms with Gasteiger partial charge in [-0.15, -0.1) is 0 Å². The molecule has 1 aliphatic heterocycles. The topological polar surface area (TPSA) is 49.4 Å². The number of nitrogens with one attached hydrogen (secondary N) is 1. The Morgan fingerprint density at radius 3 is 2.33 bits per heavy atom. The van der Waals surface area contributed by atoms with Gasteiger partial charge in [-0.25, -0.2) is 9.69 Å². The van der Waals surface area contributed by atoms with Gasteiger partial charge >= 0.3 is 6.03 Å².